The SMILES string of the molecule is Nc1ccccc1S(=O)(=O)Oc1cc(C(=O)O)cc(O)c1O. The molecule has 0 radical (unpaired) electrons. The van der Waals surface area contributed by atoms with E-state index in [1.165, 1.54) is 24.3 Å². The Labute approximate surface area is 125 Å². The van der Waals surface area contributed by atoms with E-state index in [-0.39, 0.29) is 10.6 Å². The summed E-state index contributed by atoms with van der Waals surface area (Å²) in [5.41, 5.74) is 5.00. The maximum absolute atomic E-state index is 12.1. The van der Waals surface area contributed by atoms with Crippen molar-refractivity contribution in [2.75, 3.05) is 5.73 Å². The average molecular weight is 325 g/mol. The highest BCUT2D eigenvalue weighted by Crippen LogP contribution is 2.38. The third-order valence-corrected chi connectivity index (χ3v) is 4.00. The van der Waals surface area contributed by atoms with Crippen molar-refractivity contribution in [1.82, 2.24) is 0 Å². The maximum Gasteiger partial charge on any atom is 0.341 e. The first-order chi connectivity index (χ1) is 10.2. The molecular weight excluding hydrogens is 314 g/mol. The van der Waals surface area contributed by atoms with Gasteiger partial charge in [0.2, 0.25) is 5.75 Å². The number of aromatic hydroxyl groups is 2. The van der Waals surface area contributed by atoms with Crippen molar-refractivity contribution in [2.45, 2.75) is 4.90 Å². The highest BCUT2D eigenvalue weighted by Gasteiger charge is 2.23. The van der Waals surface area contributed by atoms with Crippen molar-refractivity contribution in [3.63, 3.8) is 0 Å². The van der Waals surface area contributed by atoms with Crippen LogP contribution in [0.3, 0.4) is 0 Å². The number of carboxylic acid groups (broad SMARTS) is 1. The van der Waals surface area contributed by atoms with Gasteiger partial charge in [0.05, 0.1) is 11.3 Å². The lowest BCUT2D eigenvalue weighted by atomic mass is 10.2. The van der Waals surface area contributed by atoms with Crippen LogP contribution < -0.4 is 9.92 Å². The van der Waals surface area contributed by atoms with Crippen molar-refractivity contribution in [2.24, 2.45) is 0 Å². The fraction of sp³-hybridized carbons (Fsp3) is 0. The number of phenols is 2. The van der Waals surface area contributed by atoms with Crippen LogP contribution in [0.5, 0.6) is 17.2 Å². The second-order valence-corrected chi connectivity index (χ2v) is 5.74. The minimum absolute atomic E-state index is 0.0828. The van der Waals surface area contributed by atoms with Crippen molar-refractivity contribution >= 4 is 21.8 Å². The van der Waals surface area contributed by atoms with Gasteiger partial charge in [-0.1, -0.05) is 12.1 Å². The van der Waals surface area contributed by atoms with E-state index in [9.17, 15) is 23.4 Å². The fourth-order valence-corrected chi connectivity index (χ4v) is 2.71. The number of aromatic carboxylic acids is 1. The normalized spacial score (nSPS) is 11.1. The Morgan fingerprint density at radius 2 is 1.77 bits per heavy atom. The highest BCUT2D eigenvalue weighted by molar-refractivity contribution is 7.87. The molecular formula is C13H11NO7S. The quantitative estimate of drug-likeness (QED) is 0.372. The topological polar surface area (TPSA) is 147 Å². The second-order valence-electron chi connectivity index (χ2n) is 4.22. The molecule has 0 fully saturated rings. The van der Waals surface area contributed by atoms with Crippen molar-refractivity contribution in [1.29, 1.82) is 0 Å². The van der Waals surface area contributed by atoms with E-state index < -0.39 is 38.9 Å². The van der Waals surface area contributed by atoms with Gasteiger partial charge in [0, 0.05) is 6.07 Å². The molecule has 2 aromatic rings. The van der Waals surface area contributed by atoms with E-state index >= 15 is 0 Å². The zero-order chi connectivity index (χ0) is 16.5. The molecule has 0 heterocycles. The molecule has 0 saturated carbocycles. The molecule has 0 aliphatic heterocycles. The van der Waals surface area contributed by atoms with Gasteiger partial charge in [-0.15, -0.1) is 0 Å². The van der Waals surface area contributed by atoms with Crippen molar-refractivity contribution in [3.05, 3.63) is 42.0 Å². The van der Waals surface area contributed by atoms with Crippen LogP contribution in [-0.2, 0) is 10.1 Å². The van der Waals surface area contributed by atoms with Crippen LogP contribution in [0.1, 0.15) is 10.4 Å². The lowest BCUT2D eigenvalue weighted by molar-refractivity contribution is 0.0696. The highest BCUT2D eigenvalue weighted by atomic mass is 32.2. The number of nitrogen functional groups attached to an aromatic ring is 1. The number of para-hydroxylation sites is 1. The minimum Gasteiger partial charge on any atom is -0.504 e. The summed E-state index contributed by atoms with van der Waals surface area (Å²) in [6, 6.07) is 6.98. The number of rotatable bonds is 4. The predicted octanol–water partition coefficient (Wildman–Crippen LogP) is 1.15. The Hall–Kier alpha value is -2.94. The van der Waals surface area contributed by atoms with Crippen LogP contribution in [0.4, 0.5) is 5.69 Å². The van der Waals surface area contributed by atoms with Gasteiger partial charge in [-0.25, -0.2) is 4.79 Å². The van der Waals surface area contributed by atoms with E-state index in [1.54, 1.807) is 0 Å². The summed E-state index contributed by atoms with van der Waals surface area (Å²) in [5.74, 6) is -3.88. The Bertz CT molecular complexity index is 845. The first-order valence-corrected chi connectivity index (χ1v) is 7.21. The van der Waals surface area contributed by atoms with Gasteiger partial charge in [0.25, 0.3) is 0 Å². The van der Waals surface area contributed by atoms with Crippen molar-refractivity contribution in [3.8, 4) is 17.2 Å². The smallest absolute Gasteiger partial charge is 0.341 e. The van der Waals surface area contributed by atoms with E-state index in [4.69, 9.17) is 15.0 Å². The summed E-state index contributed by atoms with van der Waals surface area (Å²) in [5, 5.41) is 27.9. The lowest BCUT2D eigenvalue weighted by Gasteiger charge is -2.11. The molecule has 0 bridgehead atoms. The van der Waals surface area contributed by atoms with Gasteiger partial charge >= 0.3 is 16.1 Å². The standard InChI is InChI=1S/C13H11NO7S/c14-8-3-1-2-4-11(8)22(19,20)21-10-6-7(13(17)18)5-9(15)12(10)16/h1-6,15-16H,14H2,(H,17,18). The lowest BCUT2D eigenvalue weighted by Crippen LogP contribution is -2.12. The van der Waals surface area contributed by atoms with Gasteiger partial charge < -0.3 is 25.2 Å². The second kappa shape index (κ2) is 5.45. The molecule has 0 aliphatic rings. The van der Waals surface area contributed by atoms with Crippen molar-refractivity contribution < 1.29 is 32.7 Å². The number of benzene rings is 2. The van der Waals surface area contributed by atoms with Crippen LogP contribution in [0.2, 0.25) is 0 Å². The number of carboxylic acids is 1. The average Bonchev–Trinajstić information content (AvgIpc) is 2.43. The zero-order valence-electron chi connectivity index (χ0n) is 10.9. The summed E-state index contributed by atoms with van der Waals surface area (Å²) >= 11 is 0. The summed E-state index contributed by atoms with van der Waals surface area (Å²) in [6.45, 7) is 0. The van der Waals surface area contributed by atoms with E-state index in [1.807, 2.05) is 0 Å². The molecule has 8 nitrogen and oxygen atoms in total. The number of carbonyl (C=O) groups is 1. The summed E-state index contributed by atoms with van der Waals surface area (Å²) in [6.07, 6.45) is 0. The molecule has 0 spiro atoms. The predicted molar refractivity (Wildman–Crippen MR) is 75.4 cm³/mol. The van der Waals surface area contributed by atoms with Gasteiger partial charge in [0.1, 0.15) is 4.90 Å². The van der Waals surface area contributed by atoms with E-state index in [0.29, 0.717) is 0 Å². The van der Waals surface area contributed by atoms with Gasteiger partial charge in [-0.3, -0.25) is 0 Å². The number of phenolic OH excluding ortho intramolecular Hbond substituents is 2. The summed E-state index contributed by atoms with van der Waals surface area (Å²) in [7, 11) is -4.41. The van der Waals surface area contributed by atoms with Crippen LogP contribution in [0, 0.1) is 0 Å². The number of anilines is 1. The Morgan fingerprint density at radius 1 is 1.14 bits per heavy atom. The van der Waals surface area contributed by atoms with Gasteiger partial charge in [0.15, 0.2) is 11.5 Å². The molecule has 9 heteroatoms. The Kier molecular flexibility index (Phi) is 3.83. The zero-order valence-corrected chi connectivity index (χ0v) is 11.7. The molecule has 5 N–H and O–H groups in total. The van der Waals surface area contributed by atoms with E-state index in [0.717, 1.165) is 12.1 Å². The molecule has 0 aromatic heterocycles. The molecule has 0 unspecified atom stereocenters. The summed E-state index contributed by atoms with van der Waals surface area (Å²) < 4.78 is 28.9. The minimum atomic E-state index is -4.41. The third kappa shape index (κ3) is 2.88. The third-order valence-electron chi connectivity index (χ3n) is 2.69. The molecule has 0 aliphatic carbocycles. The molecule has 116 valence electrons. The van der Waals surface area contributed by atoms with Gasteiger partial charge in [-0.2, -0.15) is 8.42 Å². The number of hydrogen-bond acceptors (Lipinski definition) is 7. The van der Waals surface area contributed by atoms with Gasteiger partial charge in [-0.05, 0) is 18.2 Å². The first kappa shape index (κ1) is 15.4. The maximum atomic E-state index is 12.1. The van der Waals surface area contributed by atoms with Crippen LogP contribution in [-0.4, -0.2) is 29.7 Å². The molecule has 2 rings (SSSR count). The van der Waals surface area contributed by atoms with Crippen LogP contribution >= 0.6 is 0 Å². The monoisotopic (exact) mass is 325 g/mol. The molecule has 0 atom stereocenters. The van der Waals surface area contributed by atoms with Crippen LogP contribution in [0.15, 0.2) is 41.3 Å². The molecule has 0 amide bonds. The fourth-order valence-electron chi connectivity index (χ4n) is 1.65. The van der Waals surface area contributed by atoms with Crippen LogP contribution in [0.25, 0.3) is 0 Å². The molecule has 2 aromatic carbocycles. The number of hydrogen-bond donors (Lipinski definition) is 4. The first-order valence-electron chi connectivity index (χ1n) is 5.80. The summed E-state index contributed by atoms with van der Waals surface area (Å²) in [4.78, 5) is 10.5. The largest absolute Gasteiger partial charge is 0.504 e. The Balaban J connectivity index is 2.51. The molecule has 0 saturated heterocycles. The molecule has 22 heavy (non-hydrogen) atoms. The Morgan fingerprint density at radius 3 is 2.36 bits per heavy atom. The number of nitrogens with two attached hydrogens (primary N) is 1. The van der Waals surface area contributed by atoms with E-state index in [2.05, 4.69) is 0 Å².